The van der Waals surface area contributed by atoms with Gasteiger partial charge in [0.15, 0.2) is 0 Å². The number of halogens is 3. The predicted octanol–water partition coefficient (Wildman–Crippen LogP) is 3.13. The SMILES string of the molecule is CCc1nnc(CN[C@@]2(C(F)(F)F)CCc3ccccc32)o1. The minimum Gasteiger partial charge on any atom is -0.424 e. The van der Waals surface area contributed by atoms with Crippen molar-refractivity contribution in [2.75, 3.05) is 0 Å². The van der Waals surface area contributed by atoms with Crippen LogP contribution in [-0.2, 0) is 24.9 Å². The van der Waals surface area contributed by atoms with Crippen LogP contribution in [-0.4, -0.2) is 16.4 Å². The highest BCUT2D eigenvalue weighted by Crippen LogP contribution is 2.48. The molecule has 0 unspecified atom stereocenters. The highest BCUT2D eigenvalue weighted by molar-refractivity contribution is 5.40. The zero-order valence-corrected chi connectivity index (χ0v) is 12.1. The van der Waals surface area contributed by atoms with Crippen molar-refractivity contribution in [2.45, 2.75) is 44.4 Å². The van der Waals surface area contributed by atoms with Crippen molar-refractivity contribution in [2.24, 2.45) is 0 Å². The van der Waals surface area contributed by atoms with Gasteiger partial charge in [-0.05, 0) is 24.0 Å². The van der Waals surface area contributed by atoms with E-state index in [4.69, 9.17) is 4.42 Å². The topological polar surface area (TPSA) is 51.0 Å². The Bertz CT molecular complexity index is 668. The summed E-state index contributed by atoms with van der Waals surface area (Å²) >= 11 is 0. The molecule has 0 spiro atoms. The van der Waals surface area contributed by atoms with Crippen LogP contribution in [0, 0.1) is 0 Å². The fourth-order valence-electron chi connectivity index (χ4n) is 2.92. The first-order valence-corrected chi connectivity index (χ1v) is 7.17. The Hall–Kier alpha value is -1.89. The standard InChI is InChI=1S/C15H16F3N3O/c1-2-12-20-21-13(22-12)9-19-14(15(16,17)18)8-7-10-5-3-4-6-11(10)14/h3-6,19H,2,7-9H2,1H3/t14-/m0/s1. The predicted molar refractivity (Wildman–Crippen MR) is 73.0 cm³/mol. The number of aromatic nitrogens is 2. The molecule has 1 aromatic carbocycles. The largest absolute Gasteiger partial charge is 0.424 e. The summed E-state index contributed by atoms with van der Waals surface area (Å²) in [6.45, 7) is 1.73. The number of alkyl halides is 3. The van der Waals surface area contributed by atoms with Gasteiger partial charge in [0, 0.05) is 6.42 Å². The van der Waals surface area contributed by atoms with Gasteiger partial charge in [0.25, 0.3) is 0 Å². The minimum absolute atomic E-state index is 0.0232. The number of fused-ring (bicyclic) bond motifs is 1. The van der Waals surface area contributed by atoms with E-state index in [0.717, 1.165) is 5.56 Å². The number of nitrogens with one attached hydrogen (secondary N) is 1. The fourth-order valence-corrected chi connectivity index (χ4v) is 2.92. The quantitative estimate of drug-likeness (QED) is 0.942. The van der Waals surface area contributed by atoms with Crippen LogP contribution in [0.25, 0.3) is 0 Å². The van der Waals surface area contributed by atoms with E-state index < -0.39 is 11.7 Å². The minimum atomic E-state index is -4.40. The Morgan fingerprint density at radius 3 is 2.64 bits per heavy atom. The molecule has 0 saturated heterocycles. The molecule has 0 fully saturated rings. The van der Waals surface area contributed by atoms with Crippen LogP contribution >= 0.6 is 0 Å². The van der Waals surface area contributed by atoms with Crippen LogP contribution in [0.4, 0.5) is 13.2 Å². The lowest BCUT2D eigenvalue weighted by Gasteiger charge is -2.33. The van der Waals surface area contributed by atoms with Crippen LogP contribution < -0.4 is 5.32 Å². The summed E-state index contributed by atoms with van der Waals surface area (Å²) in [5.74, 6) is 0.592. The van der Waals surface area contributed by atoms with Gasteiger partial charge in [-0.2, -0.15) is 13.2 Å². The molecule has 7 heteroatoms. The monoisotopic (exact) mass is 311 g/mol. The van der Waals surface area contributed by atoms with Gasteiger partial charge < -0.3 is 4.42 Å². The summed E-state index contributed by atoms with van der Waals surface area (Å²) in [5.41, 5.74) is -1.03. The molecule has 22 heavy (non-hydrogen) atoms. The van der Waals surface area contributed by atoms with Crippen LogP contribution in [0.5, 0.6) is 0 Å². The number of hydrogen-bond acceptors (Lipinski definition) is 4. The molecular formula is C15H16F3N3O. The third-order valence-electron chi connectivity index (χ3n) is 4.08. The van der Waals surface area contributed by atoms with Crippen molar-refractivity contribution in [3.05, 3.63) is 47.2 Å². The third kappa shape index (κ3) is 2.39. The van der Waals surface area contributed by atoms with Crippen LogP contribution in [0.2, 0.25) is 0 Å². The molecule has 3 rings (SSSR count). The van der Waals surface area contributed by atoms with Gasteiger partial charge >= 0.3 is 6.18 Å². The molecular weight excluding hydrogens is 295 g/mol. The Morgan fingerprint density at radius 2 is 1.95 bits per heavy atom. The van der Waals surface area contributed by atoms with Crippen LogP contribution in [0.3, 0.4) is 0 Å². The first-order chi connectivity index (χ1) is 10.5. The Morgan fingerprint density at radius 1 is 1.23 bits per heavy atom. The lowest BCUT2D eigenvalue weighted by atomic mass is 9.91. The maximum Gasteiger partial charge on any atom is 0.410 e. The number of aryl methyl sites for hydroxylation is 2. The second-order valence-corrected chi connectivity index (χ2v) is 5.36. The second-order valence-electron chi connectivity index (χ2n) is 5.36. The third-order valence-corrected chi connectivity index (χ3v) is 4.08. The highest BCUT2D eigenvalue weighted by Gasteiger charge is 2.58. The summed E-state index contributed by atoms with van der Waals surface area (Å²) in [5, 5.41) is 10.2. The second kappa shape index (κ2) is 5.39. The van der Waals surface area contributed by atoms with E-state index in [1.807, 2.05) is 6.92 Å². The lowest BCUT2D eigenvalue weighted by Crippen LogP contribution is -2.52. The first kappa shape index (κ1) is 15.0. The number of nitrogens with zero attached hydrogens (tertiary/aromatic N) is 2. The van der Waals surface area contributed by atoms with Crippen LogP contribution in [0.15, 0.2) is 28.7 Å². The van der Waals surface area contributed by atoms with Gasteiger partial charge in [0.05, 0.1) is 6.54 Å². The van der Waals surface area contributed by atoms with Crippen LogP contribution in [0.1, 0.15) is 36.3 Å². The summed E-state index contributed by atoms with van der Waals surface area (Å²) in [7, 11) is 0. The molecule has 0 aliphatic heterocycles. The molecule has 0 amide bonds. The van der Waals surface area contributed by atoms with Crippen molar-refractivity contribution in [1.82, 2.24) is 15.5 Å². The van der Waals surface area contributed by atoms with Crippen molar-refractivity contribution >= 4 is 0 Å². The van der Waals surface area contributed by atoms with E-state index in [2.05, 4.69) is 15.5 Å². The van der Waals surface area contributed by atoms with Gasteiger partial charge in [-0.3, -0.25) is 5.32 Å². The average Bonchev–Trinajstić information content (AvgIpc) is 3.09. The summed E-state index contributed by atoms with van der Waals surface area (Å²) < 4.78 is 46.5. The van der Waals surface area contributed by atoms with Gasteiger partial charge in [-0.15, -0.1) is 10.2 Å². The van der Waals surface area contributed by atoms with Crippen molar-refractivity contribution in [3.63, 3.8) is 0 Å². The lowest BCUT2D eigenvalue weighted by molar-refractivity contribution is -0.201. The number of benzene rings is 1. The Balaban J connectivity index is 1.89. The van der Waals surface area contributed by atoms with Gasteiger partial charge in [0.2, 0.25) is 11.8 Å². The van der Waals surface area contributed by atoms with Gasteiger partial charge in [0.1, 0.15) is 5.54 Å². The molecule has 1 heterocycles. The normalized spacial score (nSPS) is 21.1. The van der Waals surface area contributed by atoms with Gasteiger partial charge in [-0.25, -0.2) is 0 Å². The van der Waals surface area contributed by atoms with E-state index in [0.29, 0.717) is 18.7 Å². The van der Waals surface area contributed by atoms with E-state index in [-0.39, 0.29) is 24.4 Å². The molecule has 4 nitrogen and oxygen atoms in total. The van der Waals surface area contributed by atoms with Crippen molar-refractivity contribution in [1.29, 1.82) is 0 Å². The molecule has 0 radical (unpaired) electrons. The zero-order valence-electron chi connectivity index (χ0n) is 12.1. The molecule has 0 saturated carbocycles. The number of rotatable bonds is 4. The van der Waals surface area contributed by atoms with E-state index in [1.165, 1.54) is 6.07 Å². The summed E-state index contributed by atoms with van der Waals surface area (Å²) in [4.78, 5) is 0. The molecule has 118 valence electrons. The average molecular weight is 311 g/mol. The van der Waals surface area contributed by atoms with Crippen molar-refractivity contribution < 1.29 is 17.6 Å². The van der Waals surface area contributed by atoms with E-state index in [1.54, 1.807) is 18.2 Å². The Labute approximate surface area is 125 Å². The first-order valence-electron chi connectivity index (χ1n) is 7.17. The molecule has 1 aromatic heterocycles. The fraction of sp³-hybridized carbons (Fsp3) is 0.467. The molecule has 1 atom stereocenters. The molecule has 0 bridgehead atoms. The molecule has 1 N–H and O–H groups in total. The smallest absolute Gasteiger partial charge is 0.410 e. The number of hydrogen-bond donors (Lipinski definition) is 1. The maximum atomic E-state index is 13.7. The molecule has 1 aliphatic rings. The van der Waals surface area contributed by atoms with Crippen molar-refractivity contribution in [3.8, 4) is 0 Å². The van der Waals surface area contributed by atoms with E-state index >= 15 is 0 Å². The zero-order chi connectivity index (χ0) is 15.8. The molecule has 1 aliphatic carbocycles. The molecule has 2 aromatic rings. The highest BCUT2D eigenvalue weighted by atomic mass is 19.4. The van der Waals surface area contributed by atoms with Gasteiger partial charge in [-0.1, -0.05) is 31.2 Å². The maximum absolute atomic E-state index is 13.7. The summed E-state index contributed by atoms with van der Waals surface area (Å²) in [6, 6.07) is 6.67. The summed E-state index contributed by atoms with van der Waals surface area (Å²) in [6.07, 6.45) is -3.47. The Kier molecular flexibility index (Phi) is 3.68. The van der Waals surface area contributed by atoms with E-state index in [9.17, 15) is 13.2 Å².